The van der Waals surface area contributed by atoms with Crippen LogP contribution in [-0.2, 0) is 16.3 Å². The molecule has 1 fully saturated rings. The molecular weight excluding hydrogens is 430 g/mol. The number of hydrogen-bond donors (Lipinski definition) is 2. The van der Waals surface area contributed by atoms with Gasteiger partial charge >= 0.3 is 0 Å². The van der Waals surface area contributed by atoms with Gasteiger partial charge in [0.2, 0.25) is 0 Å². The first-order valence-electron chi connectivity index (χ1n) is 10.3. The van der Waals surface area contributed by atoms with Gasteiger partial charge in [-0.15, -0.1) is 0 Å². The zero-order valence-corrected chi connectivity index (χ0v) is 18.8. The zero-order valence-electron chi connectivity index (χ0n) is 18.0. The van der Waals surface area contributed by atoms with Crippen molar-refractivity contribution in [1.82, 2.24) is 15.2 Å². The lowest BCUT2D eigenvalue weighted by molar-refractivity contribution is 0.102. The molecule has 1 aliphatic rings. The van der Waals surface area contributed by atoms with Gasteiger partial charge in [0.1, 0.15) is 17.1 Å². The number of aromatic amines is 1. The van der Waals surface area contributed by atoms with Crippen molar-refractivity contribution in [3.05, 3.63) is 53.9 Å². The van der Waals surface area contributed by atoms with Crippen LogP contribution in [0.5, 0.6) is 5.75 Å². The smallest absolute Gasteiger partial charge is 0.274 e. The molecule has 0 radical (unpaired) electrons. The Bertz CT molecular complexity index is 1190. The van der Waals surface area contributed by atoms with Crippen molar-refractivity contribution in [3.63, 3.8) is 0 Å². The SMILES string of the molecule is CCc1cc(N2CCS(=O)(=O)CC2)cc(OC)c1NC(=O)c1cccc(-c2cc[nH]n2)n1. The summed E-state index contributed by atoms with van der Waals surface area (Å²) in [6.45, 7) is 2.86. The number of H-pyrrole nitrogens is 1. The number of ether oxygens (including phenoxy) is 1. The number of carbonyl (C=O) groups excluding carboxylic acids is 1. The van der Waals surface area contributed by atoms with Gasteiger partial charge in [-0.1, -0.05) is 13.0 Å². The van der Waals surface area contributed by atoms with Crippen LogP contribution in [0.4, 0.5) is 11.4 Å². The highest BCUT2D eigenvalue weighted by Crippen LogP contribution is 2.35. The molecule has 1 saturated heterocycles. The predicted molar refractivity (Wildman–Crippen MR) is 123 cm³/mol. The number of benzene rings is 1. The van der Waals surface area contributed by atoms with E-state index in [-0.39, 0.29) is 23.1 Å². The van der Waals surface area contributed by atoms with Crippen LogP contribution in [0.2, 0.25) is 0 Å². The summed E-state index contributed by atoms with van der Waals surface area (Å²) < 4.78 is 29.1. The molecule has 1 amide bonds. The van der Waals surface area contributed by atoms with Gasteiger partial charge in [0.25, 0.3) is 5.91 Å². The van der Waals surface area contributed by atoms with Crippen LogP contribution in [0.25, 0.3) is 11.4 Å². The van der Waals surface area contributed by atoms with Crippen molar-refractivity contribution in [2.75, 3.05) is 41.9 Å². The second kappa shape index (κ2) is 8.99. The number of aromatic nitrogens is 3. The molecule has 2 N–H and O–H groups in total. The van der Waals surface area contributed by atoms with E-state index in [0.29, 0.717) is 42.3 Å². The van der Waals surface area contributed by atoms with E-state index in [1.165, 1.54) is 0 Å². The molecule has 0 aliphatic carbocycles. The lowest BCUT2D eigenvalue weighted by atomic mass is 10.1. The molecule has 10 heteroatoms. The third-order valence-electron chi connectivity index (χ3n) is 5.46. The molecule has 1 aromatic carbocycles. The minimum Gasteiger partial charge on any atom is -0.494 e. The summed E-state index contributed by atoms with van der Waals surface area (Å²) in [5.41, 5.74) is 3.87. The van der Waals surface area contributed by atoms with Gasteiger partial charge in [0.15, 0.2) is 9.84 Å². The van der Waals surface area contributed by atoms with Crippen LogP contribution in [0.3, 0.4) is 0 Å². The van der Waals surface area contributed by atoms with Gasteiger partial charge in [-0.05, 0) is 36.2 Å². The first kappa shape index (κ1) is 21.8. The van der Waals surface area contributed by atoms with Crippen LogP contribution >= 0.6 is 0 Å². The van der Waals surface area contributed by atoms with E-state index < -0.39 is 9.84 Å². The number of pyridine rings is 1. The fourth-order valence-electron chi connectivity index (χ4n) is 3.68. The first-order chi connectivity index (χ1) is 15.4. The third kappa shape index (κ3) is 4.59. The molecule has 3 heterocycles. The van der Waals surface area contributed by atoms with Crippen LogP contribution in [0, 0.1) is 0 Å². The number of carbonyl (C=O) groups is 1. The highest BCUT2D eigenvalue weighted by atomic mass is 32.2. The molecule has 3 aromatic rings. The number of nitrogens with one attached hydrogen (secondary N) is 2. The molecule has 1 aliphatic heterocycles. The fraction of sp³-hybridized carbons (Fsp3) is 0.318. The topological polar surface area (TPSA) is 117 Å². The third-order valence-corrected chi connectivity index (χ3v) is 7.07. The number of anilines is 2. The summed E-state index contributed by atoms with van der Waals surface area (Å²) >= 11 is 0. The van der Waals surface area contributed by atoms with Gasteiger partial charge in [-0.2, -0.15) is 5.10 Å². The van der Waals surface area contributed by atoms with Crippen LogP contribution in [0.1, 0.15) is 23.0 Å². The van der Waals surface area contributed by atoms with Crippen LogP contribution < -0.4 is 15.0 Å². The Morgan fingerprint density at radius 1 is 1.19 bits per heavy atom. The standard InChI is InChI=1S/C22H25N5O4S/c1-3-15-13-16(27-9-11-32(29,30)12-10-27)14-20(31-2)21(15)25-22(28)19-6-4-5-17(24-19)18-7-8-23-26-18/h4-8,13-14H,3,9-12H2,1-2H3,(H,23,26)(H,25,28). The van der Waals surface area contributed by atoms with Crippen molar-refractivity contribution in [2.45, 2.75) is 13.3 Å². The highest BCUT2D eigenvalue weighted by Gasteiger charge is 2.24. The van der Waals surface area contributed by atoms with E-state index in [1.54, 1.807) is 37.6 Å². The van der Waals surface area contributed by atoms with Crippen molar-refractivity contribution in [2.24, 2.45) is 0 Å². The maximum atomic E-state index is 13.0. The molecular formula is C22H25N5O4S. The molecule has 168 valence electrons. The quantitative estimate of drug-likeness (QED) is 0.586. The molecule has 0 unspecified atom stereocenters. The Labute approximate surface area is 186 Å². The van der Waals surface area contributed by atoms with E-state index in [4.69, 9.17) is 4.74 Å². The Hall–Kier alpha value is -3.40. The van der Waals surface area contributed by atoms with Crippen LogP contribution in [-0.4, -0.2) is 61.2 Å². The predicted octanol–water partition coefficient (Wildman–Crippen LogP) is 2.53. The first-order valence-corrected chi connectivity index (χ1v) is 12.2. The normalized spacial score (nSPS) is 15.4. The van der Waals surface area contributed by atoms with Gasteiger partial charge in [-0.3, -0.25) is 9.89 Å². The maximum absolute atomic E-state index is 13.0. The molecule has 0 bridgehead atoms. The summed E-state index contributed by atoms with van der Waals surface area (Å²) in [6, 6.07) is 10.8. The second-order valence-electron chi connectivity index (χ2n) is 7.50. The largest absolute Gasteiger partial charge is 0.494 e. The van der Waals surface area contributed by atoms with E-state index in [9.17, 15) is 13.2 Å². The van der Waals surface area contributed by atoms with Gasteiger partial charge in [0, 0.05) is 31.0 Å². The summed E-state index contributed by atoms with van der Waals surface area (Å²) in [5, 5.41) is 9.79. The summed E-state index contributed by atoms with van der Waals surface area (Å²) in [6.07, 6.45) is 2.36. The average Bonchev–Trinajstić information content (AvgIpc) is 3.34. The number of sulfone groups is 1. The number of rotatable bonds is 6. The van der Waals surface area contributed by atoms with E-state index in [1.807, 2.05) is 24.0 Å². The number of hydrogen-bond acceptors (Lipinski definition) is 7. The summed E-state index contributed by atoms with van der Waals surface area (Å²) in [7, 11) is -1.43. The highest BCUT2D eigenvalue weighted by molar-refractivity contribution is 7.91. The minimum atomic E-state index is -2.97. The van der Waals surface area contributed by atoms with E-state index >= 15 is 0 Å². The number of amides is 1. The Morgan fingerprint density at radius 3 is 2.62 bits per heavy atom. The van der Waals surface area contributed by atoms with Gasteiger partial charge in [-0.25, -0.2) is 13.4 Å². The van der Waals surface area contributed by atoms with Gasteiger partial charge < -0.3 is 15.0 Å². The molecule has 32 heavy (non-hydrogen) atoms. The van der Waals surface area contributed by atoms with E-state index in [0.717, 1.165) is 11.3 Å². The summed E-state index contributed by atoms with van der Waals surface area (Å²) in [5.74, 6) is 0.428. The monoisotopic (exact) mass is 455 g/mol. The van der Waals surface area contributed by atoms with Crippen molar-refractivity contribution in [3.8, 4) is 17.1 Å². The average molecular weight is 456 g/mol. The van der Waals surface area contributed by atoms with Crippen LogP contribution in [0.15, 0.2) is 42.6 Å². The van der Waals surface area contributed by atoms with Gasteiger partial charge in [0.05, 0.1) is 30.0 Å². The number of nitrogens with zero attached hydrogens (tertiary/aromatic N) is 3. The van der Waals surface area contributed by atoms with E-state index in [2.05, 4.69) is 20.5 Å². The molecule has 9 nitrogen and oxygen atoms in total. The maximum Gasteiger partial charge on any atom is 0.274 e. The Kier molecular flexibility index (Phi) is 6.13. The molecule has 2 aromatic heterocycles. The zero-order chi connectivity index (χ0) is 22.7. The fourth-order valence-corrected chi connectivity index (χ4v) is 4.88. The second-order valence-corrected chi connectivity index (χ2v) is 9.80. The minimum absolute atomic E-state index is 0.132. The molecule has 4 rings (SSSR count). The number of aryl methyl sites for hydroxylation is 1. The number of methoxy groups -OCH3 is 1. The lowest BCUT2D eigenvalue weighted by Crippen LogP contribution is -2.40. The Balaban J connectivity index is 1.61. The molecule has 0 saturated carbocycles. The van der Waals surface area contributed by atoms with Crippen molar-refractivity contribution < 1.29 is 17.9 Å². The molecule has 0 spiro atoms. The van der Waals surface area contributed by atoms with Crippen molar-refractivity contribution in [1.29, 1.82) is 0 Å². The van der Waals surface area contributed by atoms with Crippen molar-refractivity contribution >= 4 is 27.1 Å². The molecule has 0 atom stereocenters. The lowest BCUT2D eigenvalue weighted by Gasteiger charge is -2.30. The Morgan fingerprint density at radius 2 is 1.97 bits per heavy atom. The summed E-state index contributed by atoms with van der Waals surface area (Å²) in [4.78, 5) is 19.5.